The molecule has 0 spiro atoms. The fourth-order valence-electron chi connectivity index (χ4n) is 0.707. The second kappa shape index (κ2) is 4.86. The zero-order chi connectivity index (χ0) is 9.68. The third-order valence-corrected chi connectivity index (χ3v) is 1.85. The number of carbonyl (C=O) groups excluding carboxylic acids is 1. The summed E-state index contributed by atoms with van der Waals surface area (Å²) in [5.41, 5.74) is 0.465. The zero-order valence-corrected chi connectivity index (χ0v) is 8.06. The average Bonchev–Trinajstić information content (AvgIpc) is 2.10. The molecule has 1 heterocycles. The van der Waals surface area contributed by atoms with Gasteiger partial charge in [-0.25, -0.2) is 4.98 Å². The van der Waals surface area contributed by atoms with Crippen LogP contribution in [0.4, 0.5) is 0 Å². The van der Waals surface area contributed by atoms with Crippen LogP contribution in [0.5, 0.6) is 0 Å². The topological polar surface area (TPSA) is 30.0 Å². The average molecular weight is 214 g/mol. The van der Waals surface area contributed by atoms with E-state index in [1.807, 2.05) is 0 Å². The van der Waals surface area contributed by atoms with E-state index in [1.165, 1.54) is 6.20 Å². The van der Waals surface area contributed by atoms with Crippen LogP contribution >= 0.6 is 23.2 Å². The van der Waals surface area contributed by atoms with Gasteiger partial charge in [0.1, 0.15) is 11.4 Å². The molecule has 0 radical (unpaired) electrons. The monoisotopic (exact) mass is 213 g/mol. The lowest BCUT2D eigenvalue weighted by Crippen LogP contribution is -1.83. The first-order valence-corrected chi connectivity index (χ1v) is 4.24. The van der Waals surface area contributed by atoms with Gasteiger partial charge in [-0.1, -0.05) is 35.0 Å². The largest absolute Gasteiger partial charge is 0.302 e. The molecule has 4 heteroatoms. The van der Waals surface area contributed by atoms with Gasteiger partial charge < -0.3 is 4.79 Å². The predicted molar refractivity (Wildman–Crippen MR) is 51.8 cm³/mol. The van der Waals surface area contributed by atoms with Gasteiger partial charge >= 0.3 is 0 Å². The second-order valence-corrected chi connectivity index (χ2v) is 2.90. The molecule has 13 heavy (non-hydrogen) atoms. The first-order chi connectivity index (χ1) is 6.25. The van der Waals surface area contributed by atoms with Crippen LogP contribution in [-0.4, -0.2) is 11.3 Å². The van der Waals surface area contributed by atoms with E-state index >= 15 is 0 Å². The molecule has 0 unspecified atom stereocenters. The summed E-state index contributed by atoms with van der Waals surface area (Å²) in [5.74, 6) is 5.28. The van der Waals surface area contributed by atoms with Crippen molar-refractivity contribution in [2.24, 2.45) is 0 Å². The lowest BCUT2D eigenvalue weighted by molar-refractivity contribution is -0.107. The number of aldehydes is 1. The zero-order valence-electron chi connectivity index (χ0n) is 6.55. The summed E-state index contributed by atoms with van der Waals surface area (Å²) in [7, 11) is 0. The molecule has 0 aliphatic carbocycles. The third kappa shape index (κ3) is 2.73. The summed E-state index contributed by atoms with van der Waals surface area (Å²) < 4.78 is 0. The Balaban J connectivity index is 3.01. The molecule has 0 aliphatic rings. The summed E-state index contributed by atoms with van der Waals surface area (Å²) in [6.45, 7) is 0. The molecule has 1 aromatic rings. The van der Waals surface area contributed by atoms with E-state index in [-0.39, 0.29) is 11.6 Å². The molecule has 0 N–H and O–H groups in total. The SMILES string of the molecule is O=CCC#Cc1c(Cl)ccnc1Cl. The Kier molecular flexibility index (Phi) is 3.75. The molecule has 0 aromatic carbocycles. The number of hydrogen-bond donors (Lipinski definition) is 0. The lowest BCUT2D eigenvalue weighted by atomic mass is 10.3. The van der Waals surface area contributed by atoms with Crippen molar-refractivity contribution in [3.63, 3.8) is 0 Å². The van der Waals surface area contributed by atoms with Gasteiger partial charge in [0.05, 0.1) is 17.0 Å². The van der Waals surface area contributed by atoms with E-state index in [0.29, 0.717) is 16.9 Å². The van der Waals surface area contributed by atoms with E-state index in [1.54, 1.807) is 6.07 Å². The van der Waals surface area contributed by atoms with Crippen LogP contribution in [0.1, 0.15) is 12.0 Å². The number of carbonyl (C=O) groups is 1. The van der Waals surface area contributed by atoms with Crippen molar-refractivity contribution in [2.75, 3.05) is 0 Å². The first-order valence-electron chi connectivity index (χ1n) is 3.48. The summed E-state index contributed by atoms with van der Waals surface area (Å²) in [4.78, 5) is 13.8. The molecule has 1 aromatic heterocycles. The minimum atomic E-state index is 0.168. The van der Waals surface area contributed by atoms with Gasteiger partial charge in [-0.2, -0.15) is 0 Å². The maximum absolute atomic E-state index is 9.98. The van der Waals surface area contributed by atoms with Crippen molar-refractivity contribution in [2.45, 2.75) is 6.42 Å². The highest BCUT2D eigenvalue weighted by atomic mass is 35.5. The van der Waals surface area contributed by atoms with Gasteiger partial charge in [0, 0.05) is 6.20 Å². The highest BCUT2D eigenvalue weighted by Gasteiger charge is 2.01. The predicted octanol–water partition coefficient (Wildman–Crippen LogP) is 2.33. The molecule has 0 amide bonds. The number of nitrogens with zero attached hydrogens (tertiary/aromatic N) is 1. The molecule has 0 bridgehead atoms. The van der Waals surface area contributed by atoms with Crippen LogP contribution in [0.2, 0.25) is 10.2 Å². The van der Waals surface area contributed by atoms with E-state index in [2.05, 4.69) is 16.8 Å². The number of pyridine rings is 1. The van der Waals surface area contributed by atoms with Gasteiger partial charge in [-0.05, 0) is 6.07 Å². The van der Waals surface area contributed by atoms with Crippen molar-refractivity contribution in [1.29, 1.82) is 0 Å². The molecule has 0 aliphatic heterocycles. The number of hydrogen-bond acceptors (Lipinski definition) is 2. The van der Waals surface area contributed by atoms with Crippen molar-refractivity contribution in [1.82, 2.24) is 4.98 Å². The van der Waals surface area contributed by atoms with Gasteiger partial charge in [0.15, 0.2) is 0 Å². The number of aromatic nitrogens is 1. The van der Waals surface area contributed by atoms with E-state index < -0.39 is 0 Å². The minimum absolute atomic E-state index is 0.168. The van der Waals surface area contributed by atoms with E-state index in [9.17, 15) is 4.79 Å². The Morgan fingerprint density at radius 1 is 1.54 bits per heavy atom. The molecule has 66 valence electrons. The Hall–Kier alpha value is -1.04. The fraction of sp³-hybridized carbons (Fsp3) is 0.111. The standard InChI is InChI=1S/C9H5Cl2NO/c10-8-4-5-12-9(11)7(8)3-1-2-6-13/h4-6H,2H2. The number of rotatable bonds is 1. The Morgan fingerprint density at radius 2 is 2.31 bits per heavy atom. The third-order valence-electron chi connectivity index (χ3n) is 1.25. The van der Waals surface area contributed by atoms with Crippen molar-refractivity contribution in [3.05, 3.63) is 28.0 Å². The van der Waals surface area contributed by atoms with E-state index in [0.717, 1.165) is 0 Å². The maximum atomic E-state index is 9.98. The molecule has 0 saturated heterocycles. The Bertz CT molecular complexity index is 359. The van der Waals surface area contributed by atoms with Crippen LogP contribution in [0.15, 0.2) is 12.3 Å². The molecule has 0 atom stereocenters. The molecule has 1 rings (SSSR count). The van der Waals surface area contributed by atoms with Gasteiger partial charge in [0.25, 0.3) is 0 Å². The normalized spacial score (nSPS) is 8.77. The smallest absolute Gasteiger partial charge is 0.146 e. The molecule has 0 fully saturated rings. The van der Waals surface area contributed by atoms with E-state index in [4.69, 9.17) is 23.2 Å². The fourth-order valence-corrected chi connectivity index (χ4v) is 1.15. The maximum Gasteiger partial charge on any atom is 0.146 e. The molecular weight excluding hydrogens is 209 g/mol. The van der Waals surface area contributed by atoms with Crippen molar-refractivity contribution >= 4 is 29.5 Å². The second-order valence-electron chi connectivity index (χ2n) is 2.13. The summed E-state index contributed by atoms with van der Waals surface area (Å²) in [6.07, 6.45) is 2.38. The lowest BCUT2D eigenvalue weighted by Gasteiger charge is -1.95. The van der Waals surface area contributed by atoms with Crippen LogP contribution in [0.3, 0.4) is 0 Å². The molecule has 0 saturated carbocycles. The van der Waals surface area contributed by atoms with Crippen LogP contribution in [0.25, 0.3) is 0 Å². The van der Waals surface area contributed by atoms with Crippen LogP contribution in [-0.2, 0) is 4.79 Å². The van der Waals surface area contributed by atoms with Crippen LogP contribution < -0.4 is 0 Å². The Labute approximate surface area is 85.9 Å². The quantitative estimate of drug-likeness (QED) is 0.408. The highest BCUT2D eigenvalue weighted by molar-refractivity contribution is 6.35. The summed E-state index contributed by atoms with van der Waals surface area (Å²) in [5, 5.41) is 0.698. The van der Waals surface area contributed by atoms with Crippen LogP contribution in [0, 0.1) is 11.8 Å². The minimum Gasteiger partial charge on any atom is -0.302 e. The van der Waals surface area contributed by atoms with Crippen molar-refractivity contribution < 1.29 is 4.79 Å². The summed E-state index contributed by atoms with van der Waals surface area (Å²) >= 11 is 11.5. The Morgan fingerprint density at radius 3 is 2.92 bits per heavy atom. The van der Waals surface area contributed by atoms with Gasteiger partial charge in [-0.15, -0.1) is 0 Å². The summed E-state index contributed by atoms with van der Waals surface area (Å²) in [6, 6.07) is 1.60. The highest BCUT2D eigenvalue weighted by Crippen LogP contribution is 2.20. The number of halogens is 2. The molecular formula is C9H5Cl2NO. The molecule has 2 nitrogen and oxygen atoms in total. The van der Waals surface area contributed by atoms with Gasteiger partial charge in [-0.3, -0.25) is 0 Å². The van der Waals surface area contributed by atoms with Gasteiger partial charge in [0.2, 0.25) is 0 Å². The van der Waals surface area contributed by atoms with Crippen molar-refractivity contribution in [3.8, 4) is 11.8 Å². The first kappa shape index (κ1) is 10.0.